The molecule has 1 atom stereocenters. The monoisotopic (exact) mass is 445 g/mol. The van der Waals surface area contributed by atoms with Crippen LogP contribution >= 0.6 is 0 Å². The summed E-state index contributed by atoms with van der Waals surface area (Å²) in [5.74, 6) is 1.16. The Kier molecular flexibility index (Phi) is 6.96. The van der Waals surface area contributed by atoms with E-state index in [1.807, 2.05) is 27.7 Å². The van der Waals surface area contributed by atoms with Crippen molar-refractivity contribution in [2.45, 2.75) is 52.2 Å². The van der Waals surface area contributed by atoms with Crippen molar-refractivity contribution >= 4 is 29.7 Å². The lowest BCUT2D eigenvalue weighted by atomic mass is 9.98. The van der Waals surface area contributed by atoms with Gasteiger partial charge in [-0.2, -0.15) is 0 Å². The van der Waals surface area contributed by atoms with Gasteiger partial charge in [-0.25, -0.2) is 9.59 Å². The molecule has 2 heterocycles. The summed E-state index contributed by atoms with van der Waals surface area (Å²) < 4.78 is 21.8. The quantitative estimate of drug-likeness (QED) is 0.669. The molecule has 0 bridgehead atoms. The van der Waals surface area contributed by atoms with Crippen LogP contribution in [0.2, 0.25) is 0 Å². The molecule has 0 spiro atoms. The van der Waals surface area contributed by atoms with Gasteiger partial charge in [-0.15, -0.1) is 0 Å². The number of fused-ring (bicyclic) bond motifs is 3. The molecule has 0 aliphatic carbocycles. The Bertz CT molecular complexity index is 948. The molecule has 1 aromatic carbocycles. The molecule has 32 heavy (non-hydrogen) atoms. The number of nitrogens with one attached hydrogen (secondary N) is 1. The van der Waals surface area contributed by atoms with Gasteiger partial charge < -0.3 is 23.8 Å². The largest absolute Gasteiger partial charge is 0.493 e. The van der Waals surface area contributed by atoms with Crippen molar-refractivity contribution < 1.29 is 28.5 Å². The summed E-state index contributed by atoms with van der Waals surface area (Å²) >= 11 is 0. The van der Waals surface area contributed by atoms with Crippen LogP contribution < -0.4 is 19.7 Å². The van der Waals surface area contributed by atoms with Crippen molar-refractivity contribution in [2.75, 3.05) is 32.3 Å². The van der Waals surface area contributed by atoms with Crippen LogP contribution in [0, 0.1) is 0 Å². The fraction of sp³-hybridized carbons (Fsp3) is 0.522. The number of nitrogens with zero attached hydrogens (tertiary/aromatic N) is 2. The van der Waals surface area contributed by atoms with Crippen molar-refractivity contribution in [2.24, 2.45) is 4.99 Å². The lowest BCUT2D eigenvalue weighted by Crippen LogP contribution is -2.53. The minimum atomic E-state index is -0.636. The normalized spacial score (nSPS) is 17.3. The highest BCUT2D eigenvalue weighted by atomic mass is 16.6. The number of benzene rings is 1. The van der Waals surface area contributed by atoms with Gasteiger partial charge in [-0.05, 0) is 45.8 Å². The number of carbonyl (C=O) groups excluding carboxylic acids is 2. The van der Waals surface area contributed by atoms with Gasteiger partial charge in [-0.3, -0.25) is 10.3 Å². The van der Waals surface area contributed by atoms with E-state index < -0.39 is 17.7 Å². The number of carbonyl (C=O) groups is 2. The summed E-state index contributed by atoms with van der Waals surface area (Å²) in [5, 5.41) is 2.77. The second-order valence-electron chi connectivity index (χ2n) is 8.50. The first-order valence-electron chi connectivity index (χ1n) is 10.7. The second kappa shape index (κ2) is 9.50. The van der Waals surface area contributed by atoms with Crippen LogP contribution in [0.5, 0.6) is 11.5 Å². The van der Waals surface area contributed by atoms with Crippen LogP contribution in [0.4, 0.5) is 10.5 Å². The van der Waals surface area contributed by atoms with Crippen molar-refractivity contribution in [1.29, 1.82) is 0 Å². The van der Waals surface area contributed by atoms with E-state index >= 15 is 0 Å². The van der Waals surface area contributed by atoms with E-state index in [2.05, 4.69) is 10.3 Å². The maximum Gasteiger partial charge on any atom is 0.411 e. The van der Waals surface area contributed by atoms with Crippen molar-refractivity contribution in [3.63, 3.8) is 0 Å². The van der Waals surface area contributed by atoms with E-state index in [4.69, 9.17) is 18.9 Å². The van der Waals surface area contributed by atoms with Crippen LogP contribution in [-0.2, 0) is 14.3 Å². The number of hydrogen-bond acceptors (Lipinski definition) is 8. The molecule has 174 valence electrons. The number of methoxy groups -OCH3 is 2. The smallest absolute Gasteiger partial charge is 0.411 e. The fourth-order valence-corrected chi connectivity index (χ4v) is 3.60. The average molecular weight is 446 g/mol. The summed E-state index contributed by atoms with van der Waals surface area (Å²) in [7, 11) is 3.10. The maximum absolute atomic E-state index is 13.1. The van der Waals surface area contributed by atoms with Gasteiger partial charge in [0.25, 0.3) is 0 Å². The summed E-state index contributed by atoms with van der Waals surface area (Å²) in [6.45, 7) is 8.13. The predicted octanol–water partition coefficient (Wildman–Crippen LogP) is 3.51. The summed E-state index contributed by atoms with van der Waals surface area (Å²) in [6.07, 6.45) is 2.39. The molecule has 0 fully saturated rings. The first-order chi connectivity index (χ1) is 15.2. The molecule has 1 unspecified atom stereocenters. The van der Waals surface area contributed by atoms with E-state index in [1.165, 1.54) is 0 Å². The molecule has 0 saturated heterocycles. The number of rotatable bonds is 6. The number of ether oxygens (including phenoxy) is 4. The molecular weight excluding hydrogens is 414 g/mol. The molecule has 9 heteroatoms. The molecule has 2 aliphatic heterocycles. The third-order valence-corrected chi connectivity index (χ3v) is 4.89. The van der Waals surface area contributed by atoms with Crippen LogP contribution in [0.3, 0.4) is 0 Å². The lowest BCUT2D eigenvalue weighted by Gasteiger charge is -2.40. The van der Waals surface area contributed by atoms with Crippen LogP contribution in [0.1, 0.15) is 46.1 Å². The Morgan fingerprint density at radius 1 is 1.19 bits per heavy atom. The van der Waals surface area contributed by atoms with Gasteiger partial charge >= 0.3 is 12.1 Å². The van der Waals surface area contributed by atoms with Crippen LogP contribution in [0.15, 0.2) is 22.8 Å². The van der Waals surface area contributed by atoms with Gasteiger partial charge in [0.15, 0.2) is 17.3 Å². The molecule has 1 aromatic rings. The zero-order valence-electron chi connectivity index (χ0n) is 19.5. The molecule has 2 aliphatic rings. The highest BCUT2D eigenvalue weighted by Gasteiger charge is 2.40. The predicted molar refractivity (Wildman–Crippen MR) is 121 cm³/mol. The van der Waals surface area contributed by atoms with Gasteiger partial charge in [0.1, 0.15) is 11.6 Å². The molecule has 0 saturated carbocycles. The Labute approximate surface area is 188 Å². The van der Waals surface area contributed by atoms with Gasteiger partial charge in [0.2, 0.25) is 0 Å². The number of amides is 1. The van der Waals surface area contributed by atoms with Gasteiger partial charge in [0.05, 0.1) is 32.2 Å². The lowest BCUT2D eigenvalue weighted by molar-refractivity contribution is -0.156. The molecule has 0 radical (unpaired) electrons. The molecule has 1 N–H and O–H groups in total. The standard InChI is InChI=1S/C23H31N3O6/c1-7-10-31-22(28)25-15-11-14-12-18(29-5)19(30-6)13-17(14)26-16(8-9-24-20(15)26)21(27)32-23(2,3)4/h11-13,16H,7-10H2,1-6H3,(H,25,28). The van der Waals surface area contributed by atoms with E-state index in [-0.39, 0.29) is 5.97 Å². The van der Waals surface area contributed by atoms with Crippen molar-refractivity contribution in [3.05, 3.63) is 23.4 Å². The summed E-state index contributed by atoms with van der Waals surface area (Å²) in [4.78, 5) is 31.8. The Hall–Kier alpha value is -3.23. The van der Waals surface area contributed by atoms with Crippen molar-refractivity contribution in [1.82, 2.24) is 5.32 Å². The summed E-state index contributed by atoms with van der Waals surface area (Å²) in [5.41, 5.74) is 1.26. The third kappa shape index (κ3) is 4.98. The number of hydrogen-bond donors (Lipinski definition) is 1. The minimum Gasteiger partial charge on any atom is -0.493 e. The zero-order chi connectivity index (χ0) is 23.5. The van der Waals surface area contributed by atoms with E-state index in [1.54, 1.807) is 37.3 Å². The first-order valence-corrected chi connectivity index (χ1v) is 10.7. The van der Waals surface area contributed by atoms with Crippen molar-refractivity contribution in [3.8, 4) is 11.5 Å². The Morgan fingerprint density at radius 2 is 1.88 bits per heavy atom. The minimum absolute atomic E-state index is 0.303. The SMILES string of the molecule is CCCOC(=O)NC1=Cc2cc(OC)c(OC)cc2N2C1=NCCC2C(=O)OC(C)(C)C. The molecule has 0 aromatic heterocycles. The molecule has 3 rings (SSSR count). The van der Waals surface area contributed by atoms with E-state index in [0.717, 1.165) is 5.56 Å². The average Bonchev–Trinajstić information content (AvgIpc) is 2.75. The van der Waals surface area contributed by atoms with Crippen LogP contribution in [-0.4, -0.2) is 56.9 Å². The number of aliphatic imine (C=N–C) groups is 1. The third-order valence-electron chi connectivity index (χ3n) is 4.89. The molecular formula is C23H31N3O6. The van der Waals surface area contributed by atoms with E-state index in [9.17, 15) is 9.59 Å². The molecule has 1 amide bonds. The number of alkyl carbamates (subject to hydrolysis) is 1. The number of anilines is 1. The highest BCUT2D eigenvalue weighted by molar-refractivity contribution is 6.19. The fourth-order valence-electron chi connectivity index (χ4n) is 3.60. The zero-order valence-corrected chi connectivity index (χ0v) is 19.5. The van der Waals surface area contributed by atoms with Gasteiger partial charge in [0, 0.05) is 18.2 Å². The highest BCUT2D eigenvalue weighted by Crippen LogP contribution is 2.41. The Balaban J connectivity index is 2.08. The maximum atomic E-state index is 13.1. The topological polar surface area (TPSA) is 98.7 Å². The Morgan fingerprint density at radius 3 is 2.50 bits per heavy atom. The molecule has 9 nitrogen and oxygen atoms in total. The number of amidine groups is 1. The number of esters is 1. The second-order valence-corrected chi connectivity index (χ2v) is 8.50. The first kappa shape index (κ1) is 23.4. The van der Waals surface area contributed by atoms with E-state index in [0.29, 0.717) is 54.7 Å². The van der Waals surface area contributed by atoms with Crippen LogP contribution in [0.25, 0.3) is 6.08 Å². The van der Waals surface area contributed by atoms with Gasteiger partial charge in [-0.1, -0.05) is 6.92 Å². The summed E-state index contributed by atoms with van der Waals surface area (Å²) in [6, 6.07) is 2.98.